The molecule has 0 saturated carbocycles. The van der Waals surface area contributed by atoms with Crippen LogP contribution < -0.4 is 5.73 Å². The van der Waals surface area contributed by atoms with Crippen molar-refractivity contribution in [1.82, 2.24) is 0 Å². The first-order valence-electron chi connectivity index (χ1n) is 0.993. The first-order valence-corrected chi connectivity index (χ1v) is 0.993. The fourth-order valence-corrected chi connectivity index (χ4v) is 0. The first-order chi connectivity index (χ1) is 1.73. The molecule has 0 heterocycles. The lowest BCUT2D eigenvalue weighted by Gasteiger charge is -1.60. The van der Waals surface area contributed by atoms with E-state index in [9.17, 15) is 4.79 Å². The van der Waals surface area contributed by atoms with Crippen molar-refractivity contribution < 1.29 is 4.79 Å². The number of rotatable bonds is 0. The SMILES string of the molecule is [13CH3][13C](N)=O. The second kappa shape index (κ2) is 0.875. The zero-order chi connectivity index (χ0) is 3.58. The Bertz CT molecular complexity index is 29.0. The van der Waals surface area contributed by atoms with Gasteiger partial charge in [0.05, 0.1) is 0 Å². The smallest absolute Gasteiger partial charge is 0.214 e. The van der Waals surface area contributed by atoms with Crippen LogP contribution in [0.25, 0.3) is 0 Å². The van der Waals surface area contributed by atoms with E-state index in [0.717, 1.165) is 0 Å². The molecule has 0 aromatic rings. The van der Waals surface area contributed by atoms with E-state index in [1.165, 1.54) is 6.92 Å². The molecular formula is C2H5NO. The molecule has 0 aromatic carbocycles. The Morgan fingerprint density at radius 3 is 2.00 bits per heavy atom. The summed E-state index contributed by atoms with van der Waals surface area (Å²) in [6.07, 6.45) is 0. The van der Waals surface area contributed by atoms with Crippen molar-refractivity contribution in [3.05, 3.63) is 0 Å². The summed E-state index contributed by atoms with van der Waals surface area (Å²) in [4.78, 5) is 9.22. The average molecular weight is 61.1 g/mol. The third kappa shape index (κ3) is 1.16. The van der Waals surface area contributed by atoms with Crippen LogP contribution in [-0.2, 0) is 4.79 Å². The molecule has 0 spiro atoms. The van der Waals surface area contributed by atoms with Crippen LogP contribution in [0.3, 0.4) is 0 Å². The lowest BCUT2D eigenvalue weighted by atomic mass is 11.7. The van der Waals surface area contributed by atoms with E-state index in [4.69, 9.17) is 0 Å². The number of primary amides is 1. The molecule has 2 heteroatoms. The highest BCUT2D eigenvalue weighted by atomic mass is 16.2. The number of carbonyl (C=O) groups excluding carboxylic acids is 1. The van der Waals surface area contributed by atoms with Gasteiger partial charge >= 0.3 is 0 Å². The van der Waals surface area contributed by atoms with Gasteiger partial charge in [0, 0.05) is 6.92 Å². The topological polar surface area (TPSA) is 43.1 Å². The second-order valence-electron chi connectivity index (χ2n) is 0.611. The lowest BCUT2D eigenvalue weighted by molar-refractivity contribution is -0.115. The van der Waals surface area contributed by atoms with Crippen LogP contribution in [0, 0.1) is 0 Å². The molecule has 4 heavy (non-hydrogen) atoms. The molecule has 0 unspecified atom stereocenters. The number of hydrogen-bond acceptors (Lipinski definition) is 1. The summed E-state index contributed by atoms with van der Waals surface area (Å²) in [7, 11) is 0. The van der Waals surface area contributed by atoms with Crippen LogP contribution in [0.5, 0.6) is 0 Å². The number of carbonyl (C=O) groups is 1. The predicted octanol–water partition coefficient (Wildman–Crippen LogP) is -0.508. The normalized spacial score (nSPS) is 6.25. The third-order valence-corrected chi connectivity index (χ3v) is 0. The van der Waals surface area contributed by atoms with Gasteiger partial charge in [-0.2, -0.15) is 0 Å². The van der Waals surface area contributed by atoms with Crippen LogP contribution >= 0.6 is 0 Å². The number of amides is 1. The van der Waals surface area contributed by atoms with Crippen LogP contribution in [0.4, 0.5) is 0 Å². The quantitative estimate of drug-likeness (QED) is 0.377. The van der Waals surface area contributed by atoms with E-state index in [1.807, 2.05) is 0 Å². The molecule has 0 saturated heterocycles. The lowest BCUT2D eigenvalue weighted by Crippen LogP contribution is -2.01. The minimum absolute atomic E-state index is 0.333. The standard InChI is InChI=1S/C2H5NO/c1-2(3)4/h1H3,(H2,3,4)/i1+1,2+1. The first kappa shape index (κ1) is 3.47. The molecule has 0 aromatic heterocycles. The minimum atomic E-state index is -0.333. The molecule has 0 bridgehead atoms. The number of hydrogen-bond donors (Lipinski definition) is 1. The molecule has 0 aliphatic rings. The Kier molecular flexibility index (Phi) is 0.759. The Labute approximate surface area is 24.6 Å². The minimum Gasteiger partial charge on any atom is -0.370 e. The molecule has 0 aliphatic heterocycles. The van der Waals surface area contributed by atoms with Gasteiger partial charge in [0.15, 0.2) is 0 Å². The molecule has 0 atom stereocenters. The summed E-state index contributed by atoms with van der Waals surface area (Å²) in [6, 6.07) is 0. The van der Waals surface area contributed by atoms with Crippen molar-refractivity contribution >= 4 is 5.91 Å². The zero-order valence-electron chi connectivity index (χ0n) is 2.49. The average Bonchev–Trinajstić information content (AvgIpc) is 0.811. The fourth-order valence-electron chi connectivity index (χ4n) is 0. The highest BCUT2D eigenvalue weighted by Crippen LogP contribution is 1.33. The molecule has 0 rings (SSSR count). The molecule has 0 fully saturated rings. The Balaban J connectivity index is 2.80. The van der Waals surface area contributed by atoms with Gasteiger partial charge in [-0.1, -0.05) is 0 Å². The summed E-state index contributed by atoms with van der Waals surface area (Å²) in [5.74, 6) is -0.333. The predicted molar refractivity (Wildman–Crippen MR) is 14.9 cm³/mol. The largest absolute Gasteiger partial charge is 0.370 e. The van der Waals surface area contributed by atoms with Gasteiger partial charge in [0.1, 0.15) is 0 Å². The van der Waals surface area contributed by atoms with Crippen molar-refractivity contribution in [3.63, 3.8) is 0 Å². The van der Waals surface area contributed by atoms with Crippen molar-refractivity contribution in [2.24, 2.45) is 5.73 Å². The maximum absolute atomic E-state index is 9.22. The van der Waals surface area contributed by atoms with Gasteiger partial charge in [-0.05, 0) is 0 Å². The Hall–Kier alpha value is -0.530. The van der Waals surface area contributed by atoms with Crippen molar-refractivity contribution in [2.75, 3.05) is 0 Å². The second-order valence-corrected chi connectivity index (χ2v) is 0.611. The molecule has 24 valence electrons. The summed E-state index contributed by atoms with van der Waals surface area (Å²) in [6.45, 7) is 1.31. The monoisotopic (exact) mass is 61.0 g/mol. The summed E-state index contributed by atoms with van der Waals surface area (Å²) >= 11 is 0. The molecule has 1 amide bonds. The van der Waals surface area contributed by atoms with E-state index in [-0.39, 0.29) is 5.91 Å². The van der Waals surface area contributed by atoms with Crippen LogP contribution in [0.15, 0.2) is 0 Å². The third-order valence-electron chi connectivity index (χ3n) is 0. The van der Waals surface area contributed by atoms with Gasteiger partial charge in [0.2, 0.25) is 5.91 Å². The van der Waals surface area contributed by atoms with Crippen molar-refractivity contribution in [2.45, 2.75) is 6.92 Å². The van der Waals surface area contributed by atoms with Gasteiger partial charge in [-0.15, -0.1) is 0 Å². The van der Waals surface area contributed by atoms with E-state index >= 15 is 0 Å². The van der Waals surface area contributed by atoms with E-state index < -0.39 is 0 Å². The van der Waals surface area contributed by atoms with Crippen molar-refractivity contribution in [3.8, 4) is 0 Å². The number of nitrogens with two attached hydrogens (primary N) is 1. The van der Waals surface area contributed by atoms with Crippen LogP contribution in [-0.4, -0.2) is 5.91 Å². The Morgan fingerprint density at radius 1 is 2.00 bits per heavy atom. The highest BCUT2D eigenvalue weighted by Gasteiger charge is 1.61. The van der Waals surface area contributed by atoms with Crippen LogP contribution in [0.1, 0.15) is 6.92 Å². The zero-order valence-corrected chi connectivity index (χ0v) is 2.49. The van der Waals surface area contributed by atoms with E-state index in [1.54, 1.807) is 0 Å². The fraction of sp³-hybridized carbons (Fsp3) is 0.500. The Morgan fingerprint density at radius 2 is 2.00 bits per heavy atom. The van der Waals surface area contributed by atoms with Crippen molar-refractivity contribution in [1.29, 1.82) is 0 Å². The molecule has 2 nitrogen and oxygen atoms in total. The molecule has 0 radical (unpaired) electrons. The summed E-state index contributed by atoms with van der Waals surface area (Å²) in [5.41, 5.74) is 4.47. The highest BCUT2D eigenvalue weighted by molar-refractivity contribution is 5.70. The summed E-state index contributed by atoms with van der Waals surface area (Å²) in [5, 5.41) is 0. The summed E-state index contributed by atoms with van der Waals surface area (Å²) < 4.78 is 0. The van der Waals surface area contributed by atoms with Gasteiger partial charge in [-0.3, -0.25) is 4.79 Å². The van der Waals surface area contributed by atoms with E-state index in [0.29, 0.717) is 0 Å². The van der Waals surface area contributed by atoms with Gasteiger partial charge in [0.25, 0.3) is 0 Å². The van der Waals surface area contributed by atoms with Crippen LogP contribution in [0.2, 0.25) is 0 Å². The maximum atomic E-state index is 9.22. The van der Waals surface area contributed by atoms with Gasteiger partial charge < -0.3 is 5.73 Å². The molecule has 2 N–H and O–H groups in total. The maximum Gasteiger partial charge on any atom is 0.214 e. The van der Waals surface area contributed by atoms with Gasteiger partial charge in [-0.25, -0.2) is 0 Å². The van der Waals surface area contributed by atoms with E-state index in [2.05, 4.69) is 5.73 Å². The molecule has 0 aliphatic carbocycles. The molecular weight excluding hydrogens is 56.0 g/mol.